The highest BCUT2D eigenvalue weighted by Gasteiger charge is 2.15. The van der Waals surface area contributed by atoms with Crippen molar-refractivity contribution in [2.24, 2.45) is 0 Å². The van der Waals surface area contributed by atoms with Crippen LogP contribution in [0.1, 0.15) is 35.0 Å². The molecule has 0 saturated heterocycles. The first kappa shape index (κ1) is 12.5. The average molecular weight is 246 g/mol. The third kappa shape index (κ3) is 2.32. The summed E-state index contributed by atoms with van der Waals surface area (Å²) in [5.41, 5.74) is 1.39. The third-order valence-corrected chi connectivity index (χ3v) is 2.82. The number of rotatable bonds is 4. The Bertz CT molecular complexity index is 575. The van der Waals surface area contributed by atoms with Crippen LogP contribution >= 0.6 is 0 Å². The van der Waals surface area contributed by atoms with Gasteiger partial charge in [0.25, 0.3) is 0 Å². The van der Waals surface area contributed by atoms with Crippen LogP contribution < -0.4 is 0 Å². The molecule has 1 heterocycles. The smallest absolute Gasteiger partial charge is 0.211 e. The summed E-state index contributed by atoms with van der Waals surface area (Å²) in [4.78, 5) is 12.2. The van der Waals surface area contributed by atoms with Crippen molar-refractivity contribution in [3.8, 4) is 0 Å². The van der Waals surface area contributed by atoms with Gasteiger partial charge in [0.05, 0.1) is 0 Å². The van der Waals surface area contributed by atoms with Crippen molar-refractivity contribution in [1.29, 1.82) is 0 Å². The van der Waals surface area contributed by atoms with Crippen molar-refractivity contribution in [3.05, 3.63) is 53.1 Å². The Balaban J connectivity index is 2.35. The topological polar surface area (TPSA) is 34.9 Å². The van der Waals surface area contributed by atoms with Crippen LogP contribution in [0.2, 0.25) is 0 Å². The Kier molecular flexibility index (Phi) is 3.55. The quantitative estimate of drug-likeness (QED) is 0.777. The van der Waals surface area contributed by atoms with Crippen LogP contribution in [-0.4, -0.2) is 15.6 Å². The van der Waals surface area contributed by atoms with Gasteiger partial charge in [-0.2, -0.15) is 5.10 Å². The number of carbonyl (C=O) groups excluding carboxylic acids is 1. The molecule has 3 nitrogen and oxygen atoms in total. The minimum atomic E-state index is -0.359. The molecule has 0 saturated carbocycles. The average Bonchev–Trinajstić information content (AvgIpc) is 2.80. The number of halogens is 1. The van der Waals surface area contributed by atoms with Crippen molar-refractivity contribution >= 4 is 5.78 Å². The molecule has 0 unspecified atom stereocenters. The lowest BCUT2D eigenvalue weighted by molar-refractivity contribution is 0.102. The van der Waals surface area contributed by atoms with Gasteiger partial charge in [0.15, 0.2) is 0 Å². The van der Waals surface area contributed by atoms with E-state index in [1.807, 2.05) is 6.92 Å². The van der Waals surface area contributed by atoms with E-state index in [-0.39, 0.29) is 11.6 Å². The van der Waals surface area contributed by atoms with Gasteiger partial charge in [0.1, 0.15) is 11.5 Å². The summed E-state index contributed by atoms with van der Waals surface area (Å²) >= 11 is 0. The molecular formula is C14H15FN2O. The maximum absolute atomic E-state index is 13.5. The van der Waals surface area contributed by atoms with Crippen molar-refractivity contribution < 1.29 is 9.18 Å². The molecule has 0 spiro atoms. The van der Waals surface area contributed by atoms with Crippen LogP contribution in [0.4, 0.5) is 4.39 Å². The van der Waals surface area contributed by atoms with Crippen LogP contribution in [0.3, 0.4) is 0 Å². The van der Waals surface area contributed by atoms with Crippen molar-refractivity contribution in [1.82, 2.24) is 9.78 Å². The first-order chi connectivity index (χ1) is 8.63. The SMILES string of the molecule is CCCn1nccc1C(=O)c1ccc(C)c(F)c1. The molecule has 0 aliphatic heterocycles. The predicted octanol–water partition coefficient (Wildman–Crippen LogP) is 2.97. The van der Waals surface area contributed by atoms with Crippen LogP contribution in [0.15, 0.2) is 30.5 Å². The van der Waals surface area contributed by atoms with Gasteiger partial charge in [-0.25, -0.2) is 4.39 Å². The van der Waals surface area contributed by atoms with Gasteiger partial charge in [-0.3, -0.25) is 9.48 Å². The minimum absolute atomic E-state index is 0.195. The van der Waals surface area contributed by atoms with Crippen LogP contribution in [0, 0.1) is 12.7 Å². The summed E-state index contributed by atoms with van der Waals surface area (Å²) in [7, 11) is 0. The van der Waals surface area contributed by atoms with Crippen LogP contribution in [-0.2, 0) is 6.54 Å². The largest absolute Gasteiger partial charge is 0.287 e. The van der Waals surface area contributed by atoms with Gasteiger partial charge in [0, 0.05) is 18.3 Å². The maximum atomic E-state index is 13.5. The minimum Gasteiger partial charge on any atom is -0.287 e. The molecule has 0 bridgehead atoms. The number of ketones is 1. The lowest BCUT2D eigenvalue weighted by atomic mass is 10.1. The standard InChI is InChI=1S/C14H15FN2O/c1-3-8-17-13(6-7-16-17)14(18)11-5-4-10(2)12(15)9-11/h4-7,9H,3,8H2,1-2H3. The van der Waals surface area contributed by atoms with E-state index >= 15 is 0 Å². The van der Waals surface area contributed by atoms with E-state index in [2.05, 4.69) is 5.10 Å². The number of nitrogens with zero attached hydrogens (tertiary/aromatic N) is 2. The number of carbonyl (C=O) groups is 1. The van der Waals surface area contributed by atoms with Gasteiger partial charge in [0.2, 0.25) is 5.78 Å². The van der Waals surface area contributed by atoms with E-state index in [0.717, 1.165) is 6.42 Å². The highest BCUT2D eigenvalue weighted by atomic mass is 19.1. The fourth-order valence-corrected chi connectivity index (χ4v) is 1.80. The Hall–Kier alpha value is -1.97. The third-order valence-electron chi connectivity index (χ3n) is 2.82. The lowest BCUT2D eigenvalue weighted by Gasteiger charge is -2.06. The highest BCUT2D eigenvalue weighted by Crippen LogP contribution is 2.14. The monoisotopic (exact) mass is 246 g/mol. The first-order valence-corrected chi connectivity index (χ1v) is 5.96. The van der Waals surface area contributed by atoms with E-state index in [9.17, 15) is 9.18 Å². The molecule has 18 heavy (non-hydrogen) atoms. The molecule has 0 aliphatic carbocycles. The molecule has 94 valence electrons. The summed E-state index contributed by atoms with van der Waals surface area (Å²) in [6.45, 7) is 4.37. The molecule has 0 radical (unpaired) electrons. The molecule has 0 fully saturated rings. The van der Waals surface area contributed by atoms with Gasteiger partial charge >= 0.3 is 0 Å². The Labute approximate surface area is 105 Å². The predicted molar refractivity (Wildman–Crippen MR) is 67.1 cm³/mol. The molecule has 0 N–H and O–H groups in total. The molecule has 0 aliphatic rings. The van der Waals surface area contributed by atoms with E-state index in [0.29, 0.717) is 23.4 Å². The second kappa shape index (κ2) is 5.12. The molecule has 2 aromatic rings. The highest BCUT2D eigenvalue weighted by molar-refractivity contribution is 6.07. The molecule has 0 atom stereocenters. The maximum Gasteiger partial charge on any atom is 0.211 e. The van der Waals surface area contributed by atoms with E-state index in [1.165, 1.54) is 6.07 Å². The number of aromatic nitrogens is 2. The molecular weight excluding hydrogens is 231 g/mol. The van der Waals surface area contributed by atoms with Crippen LogP contribution in [0.25, 0.3) is 0 Å². The molecule has 1 aromatic carbocycles. The Morgan fingerprint density at radius 2 is 2.17 bits per heavy atom. The second-order valence-corrected chi connectivity index (χ2v) is 4.23. The molecule has 4 heteroatoms. The number of hydrogen-bond donors (Lipinski definition) is 0. The number of aryl methyl sites for hydroxylation is 2. The van der Waals surface area contributed by atoms with E-state index in [1.54, 1.807) is 36.0 Å². The Morgan fingerprint density at radius 1 is 1.39 bits per heavy atom. The Morgan fingerprint density at radius 3 is 2.83 bits per heavy atom. The van der Waals surface area contributed by atoms with Gasteiger partial charge in [-0.1, -0.05) is 19.1 Å². The number of hydrogen-bond acceptors (Lipinski definition) is 2. The zero-order valence-electron chi connectivity index (χ0n) is 10.5. The van der Waals surface area contributed by atoms with Crippen LogP contribution in [0.5, 0.6) is 0 Å². The van der Waals surface area contributed by atoms with Crippen molar-refractivity contribution in [2.45, 2.75) is 26.8 Å². The van der Waals surface area contributed by atoms with Gasteiger partial charge in [-0.05, 0) is 31.0 Å². The van der Waals surface area contributed by atoms with Gasteiger partial charge in [-0.15, -0.1) is 0 Å². The van der Waals surface area contributed by atoms with E-state index < -0.39 is 0 Å². The number of benzene rings is 1. The van der Waals surface area contributed by atoms with Crippen molar-refractivity contribution in [2.75, 3.05) is 0 Å². The molecule has 1 aromatic heterocycles. The van der Waals surface area contributed by atoms with E-state index in [4.69, 9.17) is 0 Å². The molecule has 0 amide bonds. The summed E-state index contributed by atoms with van der Waals surface area (Å²) < 4.78 is 15.1. The zero-order valence-corrected chi connectivity index (χ0v) is 10.5. The second-order valence-electron chi connectivity index (χ2n) is 4.23. The van der Waals surface area contributed by atoms with Crippen molar-refractivity contribution in [3.63, 3.8) is 0 Å². The fraction of sp³-hybridized carbons (Fsp3) is 0.286. The molecule has 2 rings (SSSR count). The summed E-state index contributed by atoms with van der Waals surface area (Å²) in [6.07, 6.45) is 2.48. The lowest BCUT2D eigenvalue weighted by Crippen LogP contribution is -2.11. The first-order valence-electron chi connectivity index (χ1n) is 5.96. The summed E-state index contributed by atoms with van der Waals surface area (Å²) in [5, 5.41) is 4.09. The zero-order chi connectivity index (χ0) is 13.1. The van der Waals surface area contributed by atoms with Gasteiger partial charge < -0.3 is 0 Å². The summed E-state index contributed by atoms with van der Waals surface area (Å²) in [5.74, 6) is -0.553. The fourth-order valence-electron chi connectivity index (χ4n) is 1.80. The summed E-state index contributed by atoms with van der Waals surface area (Å²) in [6, 6.07) is 6.20. The normalized spacial score (nSPS) is 10.6.